The van der Waals surface area contributed by atoms with E-state index in [4.69, 9.17) is 0 Å². The fourth-order valence-electron chi connectivity index (χ4n) is 1.55. The molecule has 17 heavy (non-hydrogen) atoms. The van der Waals surface area contributed by atoms with Crippen molar-refractivity contribution in [2.45, 2.75) is 13.8 Å². The van der Waals surface area contributed by atoms with Crippen molar-refractivity contribution in [3.8, 4) is 0 Å². The lowest BCUT2D eigenvalue weighted by atomic mass is 10.1. The van der Waals surface area contributed by atoms with E-state index >= 15 is 0 Å². The Morgan fingerprint density at radius 1 is 1.53 bits per heavy atom. The Morgan fingerprint density at radius 3 is 2.82 bits per heavy atom. The van der Waals surface area contributed by atoms with Crippen molar-refractivity contribution >= 4 is 23.1 Å². The van der Waals surface area contributed by atoms with Crippen LogP contribution in [0.4, 0.5) is 11.4 Å². The summed E-state index contributed by atoms with van der Waals surface area (Å²) in [6.45, 7) is 4.74. The van der Waals surface area contributed by atoms with Crippen molar-refractivity contribution in [2.75, 3.05) is 23.9 Å². The monoisotopic (exact) mass is 254 g/mol. The fraction of sp³-hybridized carbons (Fsp3) is 0.500. The van der Waals surface area contributed by atoms with Gasteiger partial charge in [-0.1, -0.05) is 13.0 Å². The molecule has 0 radical (unpaired) electrons. The number of anilines is 1. The van der Waals surface area contributed by atoms with Crippen LogP contribution in [0.2, 0.25) is 0 Å². The Hall–Kier alpha value is -1.23. The van der Waals surface area contributed by atoms with E-state index in [0.29, 0.717) is 11.5 Å². The number of thioether (sulfide) groups is 1. The van der Waals surface area contributed by atoms with Crippen LogP contribution < -0.4 is 5.32 Å². The lowest BCUT2D eigenvalue weighted by molar-refractivity contribution is -0.385. The van der Waals surface area contributed by atoms with E-state index in [1.54, 1.807) is 19.1 Å². The van der Waals surface area contributed by atoms with Gasteiger partial charge in [0.1, 0.15) is 0 Å². The predicted molar refractivity (Wildman–Crippen MR) is 73.9 cm³/mol. The van der Waals surface area contributed by atoms with Crippen LogP contribution in [-0.4, -0.2) is 23.5 Å². The maximum atomic E-state index is 10.8. The summed E-state index contributed by atoms with van der Waals surface area (Å²) >= 11 is 1.81. The highest BCUT2D eigenvalue weighted by Gasteiger charge is 2.11. The van der Waals surface area contributed by atoms with E-state index in [-0.39, 0.29) is 10.6 Å². The summed E-state index contributed by atoms with van der Waals surface area (Å²) in [4.78, 5) is 10.4. The van der Waals surface area contributed by atoms with Gasteiger partial charge in [0.05, 0.1) is 4.92 Å². The van der Waals surface area contributed by atoms with Crippen LogP contribution >= 0.6 is 11.8 Å². The average Bonchev–Trinajstić information content (AvgIpc) is 2.28. The molecule has 0 fully saturated rings. The molecule has 0 bridgehead atoms. The first-order valence-electron chi connectivity index (χ1n) is 5.52. The normalized spacial score (nSPS) is 12.2. The van der Waals surface area contributed by atoms with Gasteiger partial charge in [0.15, 0.2) is 0 Å². The van der Waals surface area contributed by atoms with Crippen molar-refractivity contribution in [1.82, 2.24) is 0 Å². The Balaban J connectivity index is 2.66. The SMILES string of the molecule is CSCC(C)CNc1ccc(C)c([N+](=O)[O-])c1. The Bertz CT molecular complexity index is 396. The van der Waals surface area contributed by atoms with Gasteiger partial charge >= 0.3 is 0 Å². The number of nitro groups is 1. The summed E-state index contributed by atoms with van der Waals surface area (Å²) in [5.74, 6) is 1.63. The van der Waals surface area contributed by atoms with Crippen molar-refractivity contribution in [2.24, 2.45) is 5.92 Å². The first-order valence-corrected chi connectivity index (χ1v) is 6.91. The number of nitrogens with one attached hydrogen (secondary N) is 1. The quantitative estimate of drug-likeness (QED) is 0.625. The Kier molecular flexibility index (Phi) is 5.28. The number of rotatable bonds is 6. The first-order chi connectivity index (χ1) is 8.04. The zero-order chi connectivity index (χ0) is 12.8. The summed E-state index contributed by atoms with van der Waals surface area (Å²) < 4.78 is 0. The molecule has 0 saturated heterocycles. The highest BCUT2D eigenvalue weighted by molar-refractivity contribution is 7.98. The molecule has 0 aliphatic heterocycles. The number of hydrogen-bond acceptors (Lipinski definition) is 4. The molecule has 0 heterocycles. The lowest BCUT2D eigenvalue weighted by Crippen LogP contribution is -2.13. The molecule has 5 heteroatoms. The molecular weight excluding hydrogens is 236 g/mol. The van der Waals surface area contributed by atoms with Crippen molar-refractivity contribution < 1.29 is 4.92 Å². The molecule has 1 atom stereocenters. The van der Waals surface area contributed by atoms with Crippen LogP contribution in [0.5, 0.6) is 0 Å². The van der Waals surface area contributed by atoms with E-state index in [1.807, 2.05) is 17.8 Å². The smallest absolute Gasteiger partial charge is 0.274 e. The van der Waals surface area contributed by atoms with E-state index in [1.165, 1.54) is 0 Å². The van der Waals surface area contributed by atoms with Gasteiger partial charge in [0, 0.05) is 23.9 Å². The van der Waals surface area contributed by atoms with Crippen LogP contribution in [0.3, 0.4) is 0 Å². The second kappa shape index (κ2) is 6.49. The van der Waals surface area contributed by atoms with Gasteiger partial charge < -0.3 is 5.32 Å². The van der Waals surface area contributed by atoms with Crippen molar-refractivity contribution in [1.29, 1.82) is 0 Å². The zero-order valence-electron chi connectivity index (χ0n) is 10.4. The summed E-state index contributed by atoms with van der Waals surface area (Å²) in [6, 6.07) is 5.26. The molecule has 0 aliphatic carbocycles. The third-order valence-electron chi connectivity index (χ3n) is 2.51. The van der Waals surface area contributed by atoms with Crippen LogP contribution in [-0.2, 0) is 0 Å². The standard InChI is InChI=1S/C12H18N2O2S/c1-9(8-17-3)7-13-11-5-4-10(2)12(6-11)14(15)16/h4-6,9,13H,7-8H2,1-3H3. The predicted octanol–water partition coefficient (Wildman–Crippen LogP) is 3.31. The van der Waals surface area contributed by atoms with Crippen LogP contribution in [0, 0.1) is 23.0 Å². The largest absolute Gasteiger partial charge is 0.385 e. The molecule has 0 spiro atoms. The minimum absolute atomic E-state index is 0.174. The summed E-state index contributed by atoms with van der Waals surface area (Å²) in [5.41, 5.74) is 1.68. The van der Waals surface area contributed by atoms with Gasteiger partial charge in [-0.15, -0.1) is 0 Å². The third-order valence-corrected chi connectivity index (χ3v) is 3.41. The number of aryl methyl sites for hydroxylation is 1. The molecule has 0 aliphatic rings. The first kappa shape index (κ1) is 13.8. The molecular formula is C12H18N2O2S. The number of benzene rings is 1. The number of nitro benzene ring substituents is 1. The van der Waals surface area contributed by atoms with Gasteiger partial charge in [0.2, 0.25) is 0 Å². The summed E-state index contributed by atoms with van der Waals surface area (Å²) in [6.07, 6.45) is 2.08. The molecule has 94 valence electrons. The molecule has 0 aromatic heterocycles. The molecule has 4 nitrogen and oxygen atoms in total. The van der Waals surface area contributed by atoms with Crippen LogP contribution in [0.15, 0.2) is 18.2 Å². The molecule has 1 rings (SSSR count). The van der Waals surface area contributed by atoms with Gasteiger partial charge in [0.25, 0.3) is 5.69 Å². The third kappa shape index (κ3) is 4.26. The molecule has 1 unspecified atom stereocenters. The minimum Gasteiger partial charge on any atom is -0.385 e. The van der Waals surface area contributed by atoms with Crippen LogP contribution in [0.1, 0.15) is 12.5 Å². The Morgan fingerprint density at radius 2 is 2.24 bits per heavy atom. The van der Waals surface area contributed by atoms with Gasteiger partial charge in [-0.3, -0.25) is 10.1 Å². The zero-order valence-corrected chi connectivity index (χ0v) is 11.2. The van der Waals surface area contributed by atoms with E-state index in [2.05, 4.69) is 18.5 Å². The average molecular weight is 254 g/mol. The number of hydrogen-bond donors (Lipinski definition) is 1. The van der Waals surface area contributed by atoms with Crippen molar-refractivity contribution in [3.05, 3.63) is 33.9 Å². The second-order valence-electron chi connectivity index (χ2n) is 4.20. The molecule has 1 aromatic rings. The summed E-state index contributed by atoms with van der Waals surface area (Å²) in [5, 5.41) is 14.0. The van der Waals surface area contributed by atoms with Crippen molar-refractivity contribution in [3.63, 3.8) is 0 Å². The van der Waals surface area contributed by atoms with E-state index in [0.717, 1.165) is 18.0 Å². The number of nitrogens with zero attached hydrogens (tertiary/aromatic N) is 1. The highest BCUT2D eigenvalue weighted by Crippen LogP contribution is 2.22. The summed E-state index contributed by atoms with van der Waals surface area (Å²) in [7, 11) is 0. The molecule has 0 amide bonds. The minimum atomic E-state index is -0.341. The topological polar surface area (TPSA) is 55.2 Å². The second-order valence-corrected chi connectivity index (χ2v) is 5.11. The maximum Gasteiger partial charge on any atom is 0.274 e. The highest BCUT2D eigenvalue weighted by atomic mass is 32.2. The molecule has 1 aromatic carbocycles. The molecule has 1 N–H and O–H groups in total. The molecule has 0 saturated carbocycles. The maximum absolute atomic E-state index is 10.8. The van der Waals surface area contributed by atoms with Gasteiger partial charge in [-0.2, -0.15) is 11.8 Å². The lowest BCUT2D eigenvalue weighted by Gasteiger charge is -2.12. The van der Waals surface area contributed by atoms with Gasteiger partial charge in [-0.25, -0.2) is 0 Å². The van der Waals surface area contributed by atoms with Crippen LogP contribution in [0.25, 0.3) is 0 Å². The Labute approximate surface area is 106 Å². The van der Waals surface area contributed by atoms with Gasteiger partial charge in [-0.05, 0) is 30.9 Å². The van der Waals surface area contributed by atoms with E-state index < -0.39 is 0 Å². The fourth-order valence-corrected chi connectivity index (χ4v) is 2.24. The van der Waals surface area contributed by atoms with E-state index in [9.17, 15) is 10.1 Å².